The van der Waals surface area contributed by atoms with Gasteiger partial charge in [-0.25, -0.2) is 4.39 Å². The fourth-order valence-electron chi connectivity index (χ4n) is 2.65. The van der Waals surface area contributed by atoms with E-state index in [1.54, 1.807) is 12.1 Å². The highest BCUT2D eigenvalue weighted by Crippen LogP contribution is 2.26. The van der Waals surface area contributed by atoms with Crippen LogP contribution in [0.3, 0.4) is 0 Å². The first kappa shape index (κ1) is 17.0. The predicted molar refractivity (Wildman–Crippen MR) is 85.8 cm³/mol. The molecule has 0 amide bonds. The maximum atomic E-state index is 13.3. The molecule has 0 bridgehead atoms. The van der Waals surface area contributed by atoms with E-state index in [0.29, 0.717) is 6.04 Å². The number of benzene rings is 1. The number of nitrogens with one attached hydrogen (secondary N) is 1. The molecule has 1 N–H and O–H groups in total. The first-order valence-corrected chi connectivity index (χ1v) is 7.56. The third-order valence-electron chi connectivity index (χ3n) is 3.66. The lowest BCUT2D eigenvalue weighted by Gasteiger charge is -2.35. The van der Waals surface area contributed by atoms with Crippen LogP contribution in [0.4, 0.5) is 10.1 Å². The quantitative estimate of drug-likeness (QED) is 0.772. The van der Waals surface area contributed by atoms with Gasteiger partial charge in [-0.3, -0.25) is 0 Å². The van der Waals surface area contributed by atoms with Crippen LogP contribution in [0.15, 0.2) is 24.3 Å². The molecule has 1 rings (SSSR count). The molecule has 0 aliphatic heterocycles. The van der Waals surface area contributed by atoms with Gasteiger partial charge in [0, 0.05) is 31.9 Å². The van der Waals surface area contributed by atoms with Crippen LogP contribution >= 0.6 is 0 Å². The zero-order valence-electron chi connectivity index (χ0n) is 13.5. The van der Waals surface area contributed by atoms with Crippen LogP contribution in [0, 0.1) is 11.2 Å². The lowest BCUT2D eigenvalue weighted by molar-refractivity contribution is 0.275. The minimum Gasteiger partial charge on any atom is -0.374 e. The number of hydrogen-bond acceptors (Lipinski definition) is 2. The third kappa shape index (κ3) is 5.49. The number of nitrogens with zero attached hydrogens (tertiary/aromatic N) is 1. The zero-order chi connectivity index (χ0) is 15.2. The second-order valence-corrected chi connectivity index (χ2v) is 6.43. The van der Waals surface area contributed by atoms with Gasteiger partial charge in [-0.15, -0.1) is 0 Å². The van der Waals surface area contributed by atoms with E-state index in [1.807, 2.05) is 13.1 Å². The smallest absolute Gasteiger partial charge is 0.125 e. The summed E-state index contributed by atoms with van der Waals surface area (Å²) < 4.78 is 13.3. The van der Waals surface area contributed by atoms with Crippen LogP contribution in [-0.4, -0.2) is 26.2 Å². The number of rotatable bonds is 8. The van der Waals surface area contributed by atoms with Crippen molar-refractivity contribution in [3.63, 3.8) is 0 Å². The van der Waals surface area contributed by atoms with Crippen molar-refractivity contribution in [3.05, 3.63) is 30.1 Å². The average Bonchev–Trinajstić information content (AvgIpc) is 2.37. The summed E-state index contributed by atoms with van der Waals surface area (Å²) in [7, 11) is 2.04. The molecule has 0 fully saturated rings. The average molecular weight is 280 g/mol. The third-order valence-corrected chi connectivity index (χ3v) is 3.66. The molecular formula is C17H29FN2. The predicted octanol–water partition coefficient (Wildman–Crippen LogP) is 4.07. The van der Waals surface area contributed by atoms with Gasteiger partial charge in [0.25, 0.3) is 0 Å². The van der Waals surface area contributed by atoms with E-state index in [1.165, 1.54) is 6.07 Å². The Kier molecular flexibility index (Phi) is 6.47. The Hall–Kier alpha value is -1.09. The molecule has 0 aliphatic carbocycles. The lowest BCUT2D eigenvalue weighted by atomic mass is 9.84. The minimum absolute atomic E-state index is 0.174. The van der Waals surface area contributed by atoms with Gasteiger partial charge in [-0.2, -0.15) is 0 Å². The second kappa shape index (κ2) is 7.63. The summed E-state index contributed by atoms with van der Waals surface area (Å²) in [6, 6.07) is 7.31. The van der Waals surface area contributed by atoms with E-state index in [4.69, 9.17) is 0 Å². The Balaban J connectivity index is 2.73. The Morgan fingerprint density at radius 2 is 2.05 bits per heavy atom. The van der Waals surface area contributed by atoms with Gasteiger partial charge in [0.1, 0.15) is 5.82 Å². The first-order chi connectivity index (χ1) is 9.36. The van der Waals surface area contributed by atoms with Crippen molar-refractivity contribution in [1.82, 2.24) is 5.32 Å². The molecule has 0 saturated carbocycles. The van der Waals surface area contributed by atoms with Crippen LogP contribution < -0.4 is 10.2 Å². The van der Waals surface area contributed by atoms with Crippen LogP contribution in [-0.2, 0) is 0 Å². The first-order valence-electron chi connectivity index (χ1n) is 7.56. The van der Waals surface area contributed by atoms with E-state index < -0.39 is 0 Å². The maximum Gasteiger partial charge on any atom is 0.125 e. The van der Waals surface area contributed by atoms with E-state index in [-0.39, 0.29) is 11.2 Å². The number of hydrogen-bond donors (Lipinski definition) is 1. The molecule has 1 unspecified atom stereocenters. The van der Waals surface area contributed by atoms with Gasteiger partial charge in [-0.05, 0) is 30.0 Å². The molecule has 0 radical (unpaired) electrons. The van der Waals surface area contributed by atoms with Crippen molar-refractivity contribution in [3.8, 4) is 0 Å². The van der Waals surface area contributed by atoms with Crippen molar-refractivity contribution in [2.45, 2.75) is 46.6 Å². The second-order valence-electron chi connectivity index (χ2n) is 6.43. The van der Waals surface area contributed by atoms with Gasteiger partial charge in [-0.1, -0.05) is 40.2 Å². The molecule has 3 heteroatoms. The minimum atomic E-state index is -0.174. The molecular weight excluding hydrogens is 251 g/mol. The Labute approximate surface area is 123 Å². The molecule has 1 atom stereocenters. The van der Waals surface area contributed by atoms with Gasteiger partial charge in [0.05, 0.1) is 0 Å². The summed E-state index contributed by atoms with van der Waals surface area (Å²) in [5, 5.41) is 3.54. The molecule has 0 saturated heterocycles. The van der Waals surface area contributed by atoms with Gasteiger partial charge >= 0.3 is 0 Å². The molecule has 1 aromatic carbocycles. The molecule has 0 aliphatic rings. The standard InChI is InChI=1S/C17H29FN2/c1-6-10-17(4,12-19-14(2)3)13-20(5)16-9-7-8-15(18)11-16/h7-9,11,14,19H,6,10,12-13H2,1-5H3. The highest BCUT2D eigenvalue weighted by molar-refractivity contribution is 5.45. The fraction of sp³-hybridized carbons (Fsp3) is 0.647. The molecule has 114 valence electrons. The van der Waals surface area contributed by atoms with E-state index in [9.17, 15) is 4.39 Å². The summed E-state index contributed by atoms with van der Waals surface area (Å²) in [5.74, 6) is -0.174. The monoisotopic (exact) mass is 280 g/mol. The zero-order valence-corrected chi connectivity index (χ0v) is 13.5. The van der Waals surface area contributed by atoms with Crippen molar-refractivity contribution in [2.24, 2.45) is 5.41 Å². The highest BCUT2D eigenvalue weighted by atomic mass is 19.1. The van der Waals surface area contributed by atoms with E-state index in [0.717, 1.165) is 31.6 Å². The largest absolute Gasteiger partial charge is 0.374 e. The molecule has 0 spiro atoms. The molecule has 20 heavy (non-hydrogen) atoms. The molecule has 1 aromatic rings. The SMILES string of the molecule is CCCC(C)(CNC(C)C)CN(C)c1cccc(F)c1. The van der Waals surface area contributed by atoms with Crippen molar-refractivity contribution < 1.29 is 4.39 Å². The Bertz CT molecular complexity index is 406. The topological polar surface area (TPSA) is 15.3 Å². The van der Waals surface area contributed by atoms with Crippen LogP contribution in [0.2, 0.25) is 0 Å². The number of halogens is 1. The van der Waals surface area contributed by atoms with Gasteiger partial charge in [0.15, 0.2) is 0 Å². The summed E-state index contributed by atoms with van der Waals surface area (Å²) in [5.41, 5.74) is 1.14. The Morgan fingerprint density at radius 3 is 2.60 bits per heavy atom. The van der Waals surface area contributed by atoms with Crippen molar-refractivity contribution in [2.75, 3.05) is 25.0 Å². The summed E-state index contributed by atoms with van der Waals surface area (Å²) in [6.45, 7) is 10.8. The normalized spacial score (nSPS) is 14.3. The van der Waals surface area contributed by atoms with Crippen LogP contribution in [0.25, 0.3) is 0 Å². The lowest BCUT2D eigenvalue weighted by Crippen LogP contribution is -2.43. The molecule has 2 nitrogen and oxygen atoms in total. The van der Waals surface area contributed by atoms with Crippen molar-refractivity contribution >= 4 is 5.69 Å². The van der Waals surface area contributed by atoms with E-state index >= 15 is 0 Å². The highest BCUT2D eigenvalue weighted by Gasteiger charge is 2.25. The van der Waals surface area contributed by atoms with Crippen LogP contribution in [0.1, 0.15) is 40.5 Å². The Morgan fingerprint density at radius 1 is 1.35 bits per heavy atom. The maximum absolute atomic E-state index is 13.3. The summed E-state index contributed by atoms with van der Waals surface area (Å²) in [6.07, 6.45) is 2.32. The van der Waals surface area contributed by atoms with Crippen LogP contribution in [0.5, 0.6) is 0 Å². The number of anilines is 1. The molecule has 0 heterocycles. The summed E-state index contributed by atoms with van der Waals surface area (Å²) >= 11 is 0. The summed E-state index contributed by atoms with van der Waals surface area (Å²) in [4.78, 5) is 2.15. The van der Waals surface area contributed by atoms with Crippen molar-refractivity contribution in [1.29, 1.82) is 0 Å². The van der Waals surface area contributed by atoms with Gasteiger partial charge in [0.2, 0.25) is 0 Å². The van der Waals surface area contributed by atoms with E-state index in [2.05, 4.69) is 37.9 Å². The molecule has 0 aromatic heterocycles. The van der Waals surface area contributed by atoms with Gasteiger partial charge < -0.3 is 10.2 Å². The fourth-order valence-corrected chi connectivity index (χ4v) is 2.65.